The highest BCUT2D eigenvalue weighted by molar-refractivity contribution is 7.80. The van der Waals surface area contributed by atoms with E-state index in [4.69, 9.17) is 22.1 Å². The summed E-state index contributed by atoms with van der Waals surface area (Å²) in [6.07, 6.45) is 1.69. The maximum atomic E-state index is 11.2. The van der Waals surface area contributed by atoms with Crippen LogP contribution in [0.2, 0.25) is 0 Å². The fraction of sp³-hybridized carbons (Fsp3) is 0.800. The van der Waals surface area contributed by atoms with Crippen molar-refractivity contribution in [2.24, 2.45) is 0 Å². The van der Waals surface area contributed by atoms with E-state index in [1.54, 1.807) is 6.92 Å². The van der Waals surface area contributed by atoms with Crippen LogP contribution >= 0.6 is 12.2 Å². The van der Waals surface area contributed by atoms with Gasteiger partial charge < -0.3 is 15.2 Å². The van der Waals surface area contributed by atoms with E-state index in [-0.39, 0.29) is 18.4 Å². The van der Waals surface area contributed by atoms with E-state index in [1.807, 2.05) is 0 Å². The number of hydrogen-bond donors (Lipinski definition) is 4. The summed E-state index contributed by atoms with van der Waals surface area (Å²) in [7, 11) is 0. The van der Waals surface area contributed by atoms with Crippen LogP contribution in [0, 0.1) is 0 Å². The van der Waals surface area contributed by atoms with Gasteiger partial charge in [-0.05, 0) is 32.0 Å². The van der Waals surface area contributed by atoms with Crippen LogP contribution in [0.5, 0.6) is 0 Å². The van der Waals surface area contributed by atoms with Crippen molar-refractivity contribution in [1.82, 2.24) is 16.2 Å². The summed E-state index contributed by atoms with van der Waals surface area (Å²) >= 11 is 4.97. The van der Waals surface area contributed by atoms with Crippen LogP contribution in [-0.2, 0) is 9.53 Å². The molecule has 0 saturated carbocycles. The first-order valence-electron chi connectivity index (χ1n) is 5.70. The van der Waals surface area contributed by atoms with Crippen LogP contribution in [0.3, 0.4) is 0 Å². The summed E-state index contributed by atoms with van der Waals surface area (Å²) in [4.78, 5) is 11.2. The molecule has 0 spiro atoms. The zero-order valence-corrected chi connectivity index (χ0v) is 10.7. The smallest absolute Gasteiger partial charge is 0.240 e. The standard InChI is InChI=1S/C10H19N3O3S/c1-7(14)5-9(15)12-13-10(17)11-6-8-3-2-4-16-8/h7-8,14H,2-6H2,1H3,(H,12,15)(H2,11,13,17)/t7-,8+/m1/s1. The first-order valence-corrected chi connectivity index (χ1v) is 6.11. The van der Waals surface area contributed by atoms with Gasteiger partial charge in [-0.3, -0.25) is 15.6 Å². The van der Waals surface area contributed by atoms with Crippen LogP contribution in [0.25, 0.3) is 0 Å². The van der Waals surface area contributed by atoms with Crippen LogP contribution in [0.15, 0.2) is 0 Å². The molecular formula is C10H19N3O3S. The van der Waals surface area contributed by atoms with E-state index in [0.29, 0.717) is 11.7 Å². The number of hydrogen-bond acceptors (Lipinski definition) is 4. The third-order valence-corrected chi connectivity index (χ3v) is 2.56. The minimum atomic E-state index is -0.662. The van der Waals surface area contributed by atoms with Gasteiger partial charge in [-0.25, -0.2) is 0 Å². The highest BCUT2D eigenvalue weighted by Gasteiger charge is 2.15. The van der Waals surface area contributed by atoms with Crippen molar-refractivity contribution in [2.45, 2.75) is 38.4 Å². The number of carbonyl (C=O) groups excluding carboxylic acids is 1. The fourth-order valence-electron chi connectivity index (χ4n) is 1.50. The molecule has 0 unspecified atom stereocenters. The Morgan fingerprint density at radius 2 is 2.35 bits per heavy atom. The normalized spacial score (nSPS) is 20.7. The number of hydrazine groups is 1. The largest absolute Gasteiger partial charge is 0.393 e. The number of rotatable bonds is 4. The Labute approximate surface area is 106 Å². The summed E-state index contributed by atoms with van der Waals surface area (Å²) in [5, 5.41) is 12.3. The Kier molecular flexibility index (Phi) is 6.17. The molecule has 98 valence electrons. The van der Waals surface area contributed by atoms with Gasteiger partial charge in [0, 0.05) is 13.2 Å². The number of amides is 1. The Bertz CT molecular complexity index is 268. The van der Waals surface area contributed by atoms with Gasteiger partial charge in [0.25, 0.3) is 0 Å². The summed E-state index contributed by atoms with van der Waals surface area (Å²) in [6.45, 7) is 2.99. The molecule has 0 radical (unpaired) electrons. The number of ether oxygens (including phenoxy) is 1. The highest BCUT2D eigenvalue weighted by atomic mass is 32.1. The predicted molar refractivity (Wildman–Crippen MR) is 67.2 cm³/mol. The van der Waals surface area contributed by atoms with E-state index in [0.717, 1.165) is 19.4 Å². The molecule has 0 aromatic rings. The summed E-state index contributed by atoms with van der Waals surface area (Å²) < 4.78 is 5.41. The van der Waals surface area contributed by atoms with Crippen LogP contribution in [0.4, 0.5) is 0 Å². The van der Waals surface area contributed by atoms with Crippen molar-refractivity contribution < 1.29 is 14.6 Å². The lowest BCUT2D eigenvalue weighted by Gasteiger charge is -2.14. The molecule has 4 N–H and O–H groups in total. The average molecular weight is 261 g/mol. The maximum absolute atomic E-state index is 11.2. The Hall–Kier alpha value is -0.920. The molecule has 6 nitrogen and oxygen atoms in total. The van der Waals surface area contributed by atoms with Gasteiger partial charge in [0.15, 0.2) is 5.11 Å². The zero-order valence-electron chi connectivity index (χ0n) is 9.86. The quantitative estimate of drug-likeness (QED) is 0.401. The number of aliphatic hydroxyl groups is 1. The van der Waals surface area contributed by atoms with Crippen LogP contribution < -0.4 is 16.2 Å². The summed E-state index contributed by atoms with van der Waals surface area (Å²) in [5.74, 6) is -0.304. The maximum Gasteiger partial charge on any atom is 0.240 e. The van der Waals surface area contributed by atoms with Crippen LogP contribution in [0.1, 0.15) is 26.2 Å². The molecule has 0 aromatic carbocycles. The lowest BCUT2D eigenvalue weighted by atomic mass is 10.2. The third kappa shape index (κ3) is 6.40. The van der Waals surface area contributed by atoms with Gasteiger partial charge in [0.2, 0.25) is 5.91 Å². The molecule has 1 heterocycles. The molecule has 1 aliphatic rings. The van der Waals surface area contributed by atoms with E-state index in [1.165, 1.54) is 0 Å². The molecule has 0 bridgehead atoms. The van der Waals surface area contributed by atoms with Crippen molar-refractivity contribution in [2.75, 3.05) is 13.2 Å². The Morgan fingerprint density at radius 3 is 2.94 bits per heavy atom. The molecule has 1 saturated heterocycles. The molecular weight excluding hydrogens is 242 g/mol. The highest BCUT2D eigenvalue weighted by Crippen LogP contribution is 2.10. The molecule has 1 amide bonds. The molecule has 0 aromatic heterocycles. The van der Waals surface area contributed by atoms with Crippen molar-refractivity contribution >= 4 is 23.2 Å². The molecule has 1 rings (SSSR count). The van der Waals surface area contributed by atoms with E-state index >= 15 is 0 Å². The third-order valence-electron chi connectivity index (χ3n) is 2.31. The van der Waals surface area contributed by atoms with Crippen molar-refractivity contribution in [1.29, 1.82) is 0 Å². The SMILES string of the molecule is C[C@@H](O)CC(=O)NNC(=S)NC[C@@H]1CCCO1. The average Bonchev–Trinajstić information content (AvgIpc) is 2.75. The van der Waals surface area contributed by atoms with E-state index < -0.39 is 6.10 Å². The Morgan fingerprint density at radius 1 is 1.59 bits per heavy atom. The Balaban J connectivity index is 2.06. The fourth-order valence-corrected chi connectivity index (χ4v) is 1.64. The molecule has 1 fully saturated rings. The molecule has 1 aliphatic heterocycles. The van der Waals surface area contributed by atoms with Gasteiger partial charge in [-0.1, -0.05) is 0 Å². The number of nitrogens with one attached hydrogen (secondary N) is 3. The van der Waals surface area contributed by atoms with Gasteiger partial charge in [0.05, 0.1) is 18.6 Å². The minimum absolute atomic E-state index is 0.0430. The van der Waals surface area contributed by atoms with Crippen molar-refractivity contribution in [3.63, 3.8) is 0 Å². The molecule has 17 heavy (non-hydrogen) atoms. The first kappa shape index (κ1) is 14.1. The second kappa shape index (κ2) is 7.41. The van der Waals surface area contributed by atoms with Crippen LogP contribution in [-0.4, -0.2) is 41.5 Å². The zero-order chi connectivity index (χ0) is 12.7. The predicted octanol–water partition coefficient (Wildman–Crippen LogP) is -0.568. The molecule has 2 atom stereocenters. The number of carbonyl (C=O) groups is 1. The second-order valence-corrected chi connectivity index (χ2v) is 4.48. The topological polar surface area (TPSA) is 82.6 Å². The number of thiocarbonyl (C=S) groups is 1. The monoisotopic (exact) mass is 261 g/mol. The van der Waals surface area contributed by atoms with E-state index in [9.17, 15) is 4.79 Å². The van der Waals surface area contributed by atoms with Gasteiger partial charge in [-0.15, -0.1) is 0 Å². The van der Waals surface area contributed by atoms with Gasteiger partial charge >= 0.3 is 0 Å². The second-order valence-electron chi connectivity index (χ2n) is 4.07. The van der Waals surface area contributed by atoms with Gasteiger partial charge in [-0.2, -0.15) is 0 Å². The van der Waals surface area contributed by atoms with Crippen molar-refractivity contribution in [3.05, 3.63) is 0 Å². The molecule has 0 aliphatic carbocycles. The van der Waals surface area contributed by atoms with E-state index in [2.05, 4.69) is 16.2 Å². The summed E-state index contributed by atoms with van der Waals surface area (Å²) in [5.41, 5.74) is 4.96. The minimum Gasteiger partial charge on any atom is -0.393 e. The first-order chi connectivity index (χ1) is 8.08. The van der Waals surface area contributed by atoms with Crippen molar-refractivity contribution in [3.8, 4) is 0 Å². The number of aliphatic hydroxyl groups excluding tert-OH is 1. The lowest BCUT2D eigenvalue weighted by molar-refractivity contribution is -0.123. The lowest BCUT2D eigenvalue weighted by Crippen LogP contribution is -2.48. The van der Waals surface area contributed by atoms with Gasteiger partial charge in [0.1, 0.15) is 0 Å². The summed E-state index contributed by atoms with van der Waals surface area (Å²) in [6, 6.07) is 0. The molecule has 7 heteroatoms.